The first-order chi connectivity index (χ1) is 7.76. The van der Waals surface area contributed by atoms with Gasteiger partial charge in [0.1, 0.15) is 5.75 Å². The van der Waals surface area contributed by atoms with E-state index in [4.69, 9.17) is 4.74 Å². The molecule has 0 aliphatic rings. The first-order valence-electron chi connectivity index (χ1n) is 6.25. The smallest absolute Gasteiger partial charge is 0.160 e. The van der Waals surface area contributed by atoms with Gasteiger partial charge in [0.25, 0.3) is 0 Å². The molecule has 2 heteroatoms. The number of para-hydroxylation sites is 1. The number of nitrogens with one attached hydrogen (secondary N) is 1. The van der Waals surface area contributed by atoms with Crippen molar-refractivity contribution in [2.75, 3.05) is 6.54 Å². The molecule has 0 atom stereocenters. The summed E-state index contributed by atoms with van der Waals surface area (Å²) in [4.78, 5) is 0. The van der Waals surface area contributed by atoms with Crippen LogP contribution in [0.3, 0.4) is 0 Å². The molecule has 0 aliphatic carbocycles. The molecule has 90 valence electrons. The molecule has 0 spiro atoms. The summed E-state index contributed by atoms with van der Waals surface area (Å²) in [6.07, 6.45) is 3.07. The monoisotopic (exact) mass is 221 g/mol. The van der Waals surface area contributed by atoms with Gasteiger partial charge in [-0.3, -0.25) is 5.32 Å². The maximum absolute atomic E-state index is 6.09. The molecular formula is C14H23NO. The topological polar surface area (TPSA) is 21.3 Å². The van der Waals surface area contributed by atoms with E-state index < -0.39 is 0 Å². The summed E-state index contributed by atoms with van der Waals surface area (Å²) in [5.74, 6) is 0.940. The highest BCUT2D eigenvalue weighted by molar-refractivity contribution is 5.21. The molecule has 0 heterocycles. The van der Waals surface area contributed by atoms with Crippen LogP contribution in [0.15, 0.2) is 30.3 Å². The van der Waals surface area contributed by atoms with Gasteiger partial charge in [0, 0.05) is 0 Å². The molecule has 0 amide bonds. The Morgan fingerprint density at radius 1 is 1.06 bits per heavy atom. The van der Waals surface area contributed by atoms with E-state index in [1.165, 1.54) is 0 Å². The van der Waals surface area contributed by atoms with Gasteiger partial charge in [0.2, 0.25) is 0 Å². The quantitative estimate of drug-likeness (QED) is 0.711. The maximum atomic E-state index is 6.09. The molecule has 0 saturated carbocycles. The van der Waals surface area contributed by atoms with Gasteiger partial charge in [-0.25, -0.2) is 0 Å². The minimum absolute atomic E-state index is 0.211. The van der Waals surface area contributed by atoms with Crippen LogP contribution >= 0.6 is 0 Å². The van der Waals surface area contributed by atoms with Crippen LogP contribution in [0, 0.1) is 0 Å². The fraction of sp³-hybridized carbons (Fsp3) is 0.571. The normalized spacial score (nSPS) is 11.4. The molecule has 0 saturated heterocycles. The Kier molecular flexibility index (Phi) is 5.33. The van der Waals surface area contributed by atoms with Crippen molar-refractivity contribution < 1.29 is 4.74 Å². The molecule has 0 unspecified atom stereocenters. The van der Waals surface area contributed by atoms with Crippen molar-refractivity contribution >= 4 is 0 Å². The number of hydrogen-bond acceptors (Lipinski definition) is 2. The summed E-state index contributed by atoms with van der Waals surface area (Å²) in [5.41, 5.74) is -0.211. The van der Waals surface area contributed by atoms with Crippen LogP contribution in [0.5, 0.6) is 5.75 Å². The molecule has 1 rings (SSSR count). The van der Waals surface area contributed by atoms with E-state index in [0.29, 0.717) is 0 Å². The summed E-state index contributed by atoms with van der Waals surface area (Å²) in [7, 11) is 0. The highest BCUT2D eigenvalue weighted by Gasteiger charge is 2.26. The largest absolute Gasteiger partial charge is 0.473 e. The minimum atomic E-state index is -0.211. The molecule has 2 nitrogen and oxygen atoms in total. The predicted octanol–water partition coefficient (Wildman–Crippen LogP) is 3.58. The third-order valence-corrected chi connectivity index (χ3v) is 2.90. The Bertz CT molecular complexity index is 280. The van der Waals surface area contributed by atoms with Crippen LogP contribution in [0.1, 0.15) is 40.0 Å². The van der Waals surface area contributed by atoms with E-state index in [1.807, 2.05) is 30.3 Å². The SMILES string of the molecule is CCCNC(CC)(CC)Oc1ccccc1. The zero-order valence-electron chi connectivity index (χ0n) is 10.6. The molecule has 16 heavy (non-hydrogen) atoms. The van der Waals surface area contributed by atoms with Crippen molar-refractivity contribution in [1.29, 1.82) is 0 Å². The lowest BCUT2D eigenvalue weighted by Crippen LogP contribution is -2.49. The van der Waals surface area contributed by atoms with E-state index in [2.05, 4.69) is 26.1 Å². The summed E-state index contributed by atoms with van der Waals surface area (Å²) in [6.45, 7) is 7.49. The van der Waals surface area contributed by atoms with Crippen LogP contribution < -0.4 is 10.1 Å². The van der Waals surface area contributed by atoms with Crippen molar-refractivity contribution in [3.05, 3.63) is 30.3 Å². The van der Waals surface area contributed by atoms with Crippen molar-refractivity contribution in [2.24, 2.45) is 0 Å². The Labute approximate surface area is 99.0 Å². The average molecular weight is 221 g/mol. The maximum Gasteiger partial charge on any atom is 0.160 e. The zero-order chi connectivity index (χ0) is 11.9. The van der Waals surface area contributed by atoms with E-state index in [-0.39, 0.29) is 5.72 Å². The van der Waals surface area contributed by atoms with E-state index in [1.54, 1.807) is 0 Å². The molecule has 0 radical (unpaired) electrons. The third-order valence-electron chi connectivity index (χ3n) is 2.90. The number of ether oxygens (including phenoxy) is 1. The standard InChI is InChI=1S/C14H23NO/c1-4-12-15-14(5-2,6-3)16-13-10-8-7-9-11-13/h7-11,15H,4-6,12H2,1-3H3. The molecule has 1 aromatic carbocycles. The van der Waals surface area contributed by atoms with Crippen LogP contribution in [-0.4, -0.2) is 12.3 Å². The van der Waals surface area contributed by atoms with Gasteiger partial charge in [-0.1, -0.05) is 39.0 Å². The van der Waals surface area contributed by atoms with Gasteiger partial charge in [0.05, 0.1) is 0 Å². The Morgan fingerprint density at radius 2 is 1.69 bits per heavy atom. The predicted molar refractivity (Wildman–Crippen MR) is 68.7 cm³/mol. The van der Waals surface area contributed by atoms with Crippen molar-refractivity contribution in [1.82, 2.24) is 5.32 Å². The number of hydrogen-bond donors (Lipinski definition) is 1. The molecule has 0 aromatic heterocycles. The third kappa shape index (κ3) is 3.53. The van der Waals surface area contributed by atoms with Gasteiger partial charge in [-0.15, -0.1) is 0 Å². The van der Waals surface area contributed by atoms with E-state index in [0.717, 1.165) is 31.6 Å². The second-order valence-electron chi connectivity index (χ2n) is 4.04. The summed E-state index contributed by atoms with van der Waals surface area (Å²) in [5, 5.41) is 3.51. The van der Waals surface area contributed by atoms with Crippen molar-refractivity contribution in [3.8, 4) is 5.75 Å². The van der Waals surface area contributed by atoms with E-state index >= 15 is 0 Å². The molecule has 1 aromatic rings. The molecular weight excluding hydrogens is 198 g/mol. The van der Waals surface area contributed by atoms with Crippen LogP contribution in [0.25, 0.3) is 0 Å². The lowest BCUT2D eigenvalue weighted by Gasteiger charge is -2.33. The fourth-order valence-corrected chi connectivity index (χ4v) is 1.75. The average Bonchev–Trinajstić information content (AvgIpc) is 2.36. The Morgan fingerprint density at radius 3 is 2.19 bits per heavy atom. The summed E-state index contributed by atoms with van der Waals surface area (Å²) < 4.78 is 6.09. The van der Waals surface area contributed by atoms with Gasteiger partial charge in [0.15, 0.2) is 5.72 Å². The van der Waals surface area contributed by atoms with Crippen molar-refractivity contribution in [3.63, 3.8) is 0 Å². The lowest BCUT2D eigenvalue weighted by atomic mass is 10.1. The minimum Gasteiger partial charge on any atom is -0.473 e. The van der Waals surface area contributed by atoms with E-state index in [9.17, 15) is 0 Å². The summed E-state index contributed by atoms with van der Waals surface area (Å²) >= 11 is 0. The Hall–Kier alpha value is -1.02. The van der Waals surface area contributed by atoms with Gasteiger partial charge < -0.3 is 4.74 Å². The highest BCUT2D eigenvalue weighted by Crippen LogP contribution is 2.21. The molecule has 0 fully saturated rings. The number of rotatable bonds is 7. The van der Waals surface area contributed by atoms with Gasteiger partial charge in [-0.05, 0) is 37.9 Å². The van der Waals surface area contributed by atoms with Crippen molar-refractivity contribution in [2.45, 2.75) is 45.8 Å². The molecule has 0 bridgehead atoms. The van der Waals surface area contributed by atoms with Gasteiger partial charge in [-0.2, -0.15) is 0 Å². The first-order valence-corrected chi connectivity index (χ1v) is 6.25. The van der Waals surface area contributed by atoms with Crippen LogP contribution in [-0.2, 0) is 0 Å². The summed E-state index contributed by atoms with van der Waals surface area (Å²) in [6, 6.07) is 10.0. The molecule has 1 N–H and O–H groups in total. The lowest BCUT2D eigenvalue weighted by molar-refractivity contribution is 0.0250. The second kappa shape index (κ2) is 6.54. The fourth-order valence-electron chi connectivity index (χ4n) is 1.75. The zero-order valence-corrected chi connectivity index (χ0v) is 10.6. The Balaban J connectivity index is 2.70. The van der Waals surface area contributed by atoms with Crippen LogP contribution in [0.2, 0.25) is 0 Å². The number of benzene rings is 1. The molecule has 0 aliphatic heterocycles. The second-order valence-corrected chi connectivity index (χ2v) is 4.04. The van der Waals surface area contributed by atoms with Crippen LogP contribution in [0.4, 0.5) is 0 Å². The van der Waals surface area contributed by atoms with Gasteiger partial charge >= 0.3 is 0 Å². The first kappa shape index (κ1) is 13.0. The highest BCUT2D eigenvalue weighted by atomic mass is 16.5.